The van der Waals surface area contributed by atoms with Crippen LogP contribution in [0.3, 0.4) is 0 Å². The molecule has 2 aromatic heterocycles. The number of hydrogen-bond donors (Lipinski definition) is 1. The molecule has 0 aromatic carbocycles. The third-order valence-corrected chi connectivity index (χ3v) is 3.87. The minimum absolute atomic E-state index is 0.400. The quantitative estimate of drug-likeness (QED) is 0.859. The topological polar surface area (TPSA) is 77.8 Å². The fourth-order valence-electron chi connectivity index (χ4n) is 1.01. The monoisotopic (exact) mass is 300 g/mol. The summed E-state index contributed by atoms with van der Waals surface area (Å²) in [6.07, 6.45) is 1.41. The van der Waals surface area contributed by atoms with Gasteiger partial charge in [0.2, 0.25) is 0 Å². The van der Waals surface area contributed by atoms with Crippen molar-refractivity contribution in [2.75, 3.05) is 5.73 Å². The Morgan fingerprint density at radius 2 is 2.12 bits per heavy atom. The van der Waals surface area contributed by atoms with Gasteiger partial charge in [0, 0.05) is 0 Å². The molecule has 2 N–H and O–H groups in total. The lowest BCUT2D eigenvalue weighted by molar-refractivity contribution is 0.431. The van der Waals surface area contributed by atoms with E-state index in [2.05, 4.69) is 30.9 Å². The number of aromatic nitrogens is 3. The third kappa shape index (κ3) is 2.19. The standard InChI is InChI=1S/C9H9BrN4OS/c1-4-5(2)15-9(14-4)16-8-6(10)7(11)12-3-13-8/h3H,1-2H3,(H2,11,12,13). The second-order valence-corrected chi connectivity index (χ2v) is 4.83. The molecule has 5 nitrogen and oxygen atoms in total. The number of nitrogens with zero attached hydrogens (tertiary/aromatic N) is 3. The van der Waals surface area contributed by atoms with Crippen molar-refractivity contribution in [1.82, 2.24) is 15.0 Å². The van der Waals surface area contributed by atoms with E-state index in [4.69, 9.17) is 10.2 Å². The van der Waals surface area contributed by atoms with E-state index >= 15 is 0 Å². The van der Waals surface area contributed by atoms with Crippen molar-refractivity contribution in [1.29, 1.82) is 0 Å². The second kappa shape index (κ2) is 4.42. The summed E-state index contributed by atoms with van der Waals surface area (Å²) in [7, 11) is 0. The van der Waals surface area contributed by atoms with Crippen LogP contribution in [-0.2, 0) is 0 Å². The first-order chi connectivity index (χ1) is 7.58. The van der Waals surface area contributed by atoms with E-state index in [1.54, 1.807) is 0 Å². The third-order valence-electron chi connectivity index (χ3n) is 1.98. The van der Waals surface area contributed by atoms with Crippen LogP contribution in [0.15, 0.2) is 25.5 Å². The molecule has 0 spiro atoms. The van der Waals surface area contributed by atoms with Crippen molar-refractivity contribution in [3.05, 3.63) is 22.3 Å². The van der Waals surface area contributed by atoms with Gasteiger partial charge in [0.15, 0.2) is 0 Å². The maximum atomic E-state index is 5.65. The summed E-state index contributed by atoms with van der Waals surface area (Å²) < 4.78 is 6.10. The van der Waals surface area contributed by atoms with Crippen molar-refractivity contribution in [3.8, 4) is 0 Å². The number of anilines is 1. The zero-order valence-electron chi connectivity index (χ0n) is 8.69. The Balaban J connectivity index is 2.30. The number of oxazole rings is 1. The van der Waals surface area contributed by atoms with Crippen LogP contribution in [0.25, 0.3) is 0 Å². The molecule has 0 bridgehead atoms. The van der Waals surface area contributed by atoms with Gasteiger partial charge in [-0.25, -0.2) is 15.0 Å². The van der Waals surface area contributed by atoms with Gasteiger partial charge < -0.3 is 10.2 Å². The lowest BCUT2D eigenvalue weighted by Gasteiger charge is -2.00. The first-order valence-corrected chi connectivity index (χ1v) is 6.06. The highest BCUT2D eigenvalue weighted by Crippen LogP contribution is 2.33. The summed E-state index contributed by atoms with van der Waals surface area (Å²) in [5.41, 5.74) is 6.52. The van der Waals surface area contributed by atoms with E-state index < -0.39 is 0 Å². The largest absolute Gasteiger partial charge is 0.436 e. The Labute approximate surface area is 105 Å². The minimum Gasteiger partial charge on any atom is -0.436 e. The summed E-state index contributed by atoms with van der Waals surface area (Å²) in [4.78, 5) is 12.2. The molecule has 0 amide bonds. The van der Waals surface area contributed by atoms with Crippen LogP contribution < -0.4 is 5.73 Å². The normalized spacial score (nSPS) is 10.7. The fraction of sp³-hybridized carbons (Fsp3) is 0.222. The summed E-state index contributed by atoms with van der Waals surface area (Å²) >= 11 is 4.63. The molecular weight excluding hydrogens is 292 g/mol. The van der Waals surface area contributed by atoms with Gasteiger partial charge in [0.1, 0.15) is 22.9 Å². The molecule has 7 heteroatoms. The van der Waals surface area contributed by atoms with E-state index in [1.165, 1.54) is 18.1 Å². The van der Waals surface area contributed by atoms with Crippen molar-refractivity contribution in [2.45, 2.75) is 24.1 Å². The molecule has 16 heavy (non-hydrogen) atoms. The first-order valence-electron chi connectivity index (χ1n) is 4.45. The number of rotatable bonds is 2. The van der Waals surface area contributed by atoms with E-state index in [1.807, 2.05) is 13.8 Å². The van der Waals surface area contributed by atoms with Crippen LogP contribution in [0.5, 0.6) is 0 Å². The molecule has 0 aliphatic heterocycles. The van der Waals surface area contributed by atoms with Gasteiger partial charge in [-0.2, -0.15) is 0 Å². The van der Waals surface area contributed by atoms with Gasteiger partial charge in [0.05, 0.1) is 10.2 Å². The van der Waals surface area contributed by atoms with Crippen molar-refractivity contribution in [3.63, 3.8) is 0 Å². The molecule has 2 aromatic rings. The first kappa shape index (κ1) is 11.4. The number of aryl methyl sites for hydroxylation is 2. The zero-order valence-corrected chi connectivity index (χ0v) is 11.1. The number of halogens is 1. The smallest absolute Gasteiger partial charge is 0.262 e. The van der Waals surface area contributed by atoms with E-state index in [9.17, 15) is 0 Å². The summed E-state index contributed by atoms with van der Waals surface area (Å²) in [6, 6.07) is 0. The van der Waals surface area contributed by atoms with Crippen molar-refractivity contribution < 1.29 is 4.42 Å². The average molecular weight is 301 g/mol. The summed E-state index contributed by atoms with van der Waals surface area (Å²) in [6.45, 7) is 3.77. The lowest BCUT2D eigenvalue weighted by Crippen LogP contribution is -1.94. The molecule has 2 heterocycles. The number of nitrogen functional groups attached to an aromatic ring is 1. The van der Waals surface area contributed by atoms with Gasteiger partial charge in [-0.1, -0.05) is 0 Å². The zero-order chi connectivity index (χ0) is 11.7. The van der Waals surface area contributed by atoms with Crippen LogP contribution in [0, 0.1) is 13.8 Å². The van der Waals surface area contributed by atoms with Crippen molar-refractivity contribution in [2.24, 2.45) is 0 Å². The lowest BCUT2D eigenvalue weighted by atomic mass is 10.4. The minimum atomic E-state index is 0.400. The maximum absolute atomic E-state index is 5.65. The number of hydrogen-bond acceptors (Lipinski definition) is 6. The molecule has 0 saturated heterocycles. The van der Waals surface area contributed by atoms with Crippen LogP contribution in [0.1, 0.15) is 11.5 Å². The van der Waals surface area contributed by atoms with Crippen LogP contribution in [-0.4, -0.2) is 15.0 Å². The molecular formula is C9H9BrN4OS. The molecule has 0 aliphatic rings. The SMILES string of the molecule is Cc1nc(Sc2ncnc(N)c2Br)oc1C. The van der Waals surface area contributed by atoms with Crippen LogP contribution in [0.4, 0.5) is 5.82 Å². The van der Waals surface area contributed by atoms with Gasteiger partial charge in [-0.05, 0) is 41.5 Å². The Morgan fingerprint density at radius 1 is 1.38 bits per heavy atom. The Bertz CT molecular complexity index is 509. The molecule has 0 fully saturated rings. The maximum Gasteiger partial charge on any atom is 0.262 e. The highest BCUT2D eigenvalue weighted by atomic mass is 79.9. The van der Waals surface area contributed by atoms with Gasteiger partial charge in [-0.3, -0.25) is 0 Å². The predicted octanol–water partition coefficient (Wildman–Crippen LogP) is 2.58. The van der Waals surface area contributed by atoms with Gasteiger partial charge in [-0.15, -0.1) is 0 Å². The average Bonchev–Trinajstić information content (AvgIpc) is 2.54. The molecule has 0 saturated carbocycles. The van der Waals surface area contributed by atoms with Crippen LogP contribution in [0.2, 0.25) is 0 Å². The van der Waals surface area contributed by atoms with Gasteiger partial charge >= 0.3 is 0 Å². The Hall–Kier alpha value is -1.08. The number of nitrogens with two attached hydrogens (primary N) is 1. The summed E-state index contributed by atoms with van der Waals surface area (Å²) in [5.74, 6) is 1.21. The van der Waals surface area contributed by atoms with Crippen molar-refractivity contribution >= 4 is 33.5 Å². The molecule has 2 rings (SSSR count). The molecule has 0 radical (unpaired) electrons. The van der Waals surface area contributed by atoms with E-state index in [0.29, 0.717) is 20.5 Å². The molecule has 0 unspecified atom stereocenters. The molecule has 84 valence electrons. The molecule has 0 atom stereocenters. The Kier molecular flexibility index (Phi) is 3.15. The van der Waals surface area contributed by atoms with E-state index in [0.717, 1.165) is 11.5 Å². The highest BCUT2D eigenvalue weighted by molar-refractivity contribution is 9.10. The second-order valence-electron chi connectivity index (χ2n) is 3.10. The van der Waals surface area contributed by atoms with Gasteiger partial charge in [0.25, 0.3) is 5.22 Å². The molecule has 0 aliphatic carbocycles. The Morgan fingerprint density at radius 3 is 2.75 bits per heavy atom. The fourth-order valence-corrected chi connectivity index (χ4v) is 2.26. The van der Waals surface area contributed by atoms with E-state index in [-0.39, 0.29) is 0 Å². The van der Waals surface area contributed by atoms with Crippen LogP contribution >= 0.6 is 27.7 Å². The predicted molar refractivity (Wildman–Crippen MR) is 64.2 cm³/mol. The summed E-state index contributed by atoms with van der Waals surface area (Å²) in [5, 5.41) is 1.24. The highest BCUT2D eigenvalue weighted by Gasteiger charge is 2.12.